The van der Waals surface area contributed by atoms with Crippen LogP contribution in [0.5, 0.6) is 0 Å². The Labute approximate surface area is 162 Å². The first-order valence-corrected chi connectivity index (χ1v) is 9.83. The Balaban J connectivity index is 1.56. The molecule has 1 aliphatic rings. The van der Waals surface area contributed by atoms with Gasteiger partial charge in [-0.05, 0) is 33.6 Å². The van der Waals surface area contributed by atoms with Crippen LogP contribution in [0.3, 0.4) is 0 Å². The number of nitrogens with zero attached hydrogens (tertiary/aromatic N) is 4. The van der Waals surface area contributed by atoms with Crippen molar-refractivity contribution < 1.29 is 14.3 Å². The molecule has 27 heavy (non-hydrogen) atoms. The van der Waals surface area contributed by atoms with Crippen LogP contribution in [0.2, 0.25) is 0 Å². The summed E-state index contributed by atoms with van der Waals surface area (Å²) < 4.78 is 7.02. The minimum atomic E-state index is -0.487. The molecular weight excluding hydrogens is 366 g/mol. The van der Waals surface area contributed by atoms with E-state index in [2.05, 4.69) is 15.4 Å². The molecule has 0 bridgehead atoms. The lowest BCUT2D eigenvalue weighted by atomic mass is 9.98. The molecule has 2 aromatic heterocycles. The fourth-order valence-corrected chi connectivity index (χ4v) is 3.86. The summed E-state index contributed by atoms with van der Waals surface area (Å²) in [5.74, 6) is 0.638. The van der Waals surface area contributed by atoms with Gasteiger partial charge in [0.05, 0.1) is 11.2 Å². The Hall–Kier alpha value is -2.42. The van der Waals surface area contributed by atoms with Gasteiger partial charge in [-0.25, -0.2) is 9.78 Å². The van der Waals surface area contributed by atoms with E-state index in [1.807, 2.05) is 20.8 Å². The largest absolute Gasteiger partial charge is 0.444 e. The van der Waals surface area contributed by atoms with Gasteiger partial charge in [-0.1, -0.05) is 0 Å². The van der Waals surface area contributed by atoms with Gasteiger partial charge in [0.1, 0.15) is 17.1 Å². The van der Waals surface area contributed by atoms with Crippen LogP contribution in [0, 0.1) is 0 Å². The zero-order valence-corrected chi connectivity index (χ0v) is 16.9. The van der Waals surface area contributed by atoms with Crippen LogP contribution in [-0.2, 0) is 11.8 Å². The molecule has 1 saturated heterocycles. The minimum Gasteiger partial charge on any atom is -0.444 e. The number of piperidine rings is 1. The summed E-state index contributed by atoms with van der Waals surface area (Å²) in [5.41, 5.74) is -0.0786. The molecule has 8 nitrogen and oxygen atoms in total. The standard InChI is InChI=1S/C18H25N5O3S/c1-18(2,3)26-17(25)23-9-6-12(7-10-23)16-20-13(11-27-16)15(24)21-14-5-8-19-22(14)4/h5,8,11-12H,6-7,9-10H2,1-4H3,(H,21,24). The molecule has 2 aromatic rings. The summed E-state index contributed by atoms with van der Waals surface area (Å²) >= 11 is 1.49. The number of nitrogens with one attached hydrogen (secondary N) is 1. The van der Waals surface area contributed by atoms with Crippen LogP contribution in [0.1, 0.15) is 55.0 Å². The molecular formula is C18H25N5O3S. The van der Waals surface area contributed by atoms with E-state index in [0.717, 1.165) is 17.8 Å². The maximum Gasteiger partial charge on any atom is 0.410 e. The molecule has 1 aliphatic heterocycles. The van der Waals surface area contributed by atoms with Gasteiger partial charge in [0.15, 0.2) is 0 Å². The van der Waals surface area contributed by atoms with Crippen molar-refractivity contribution in [2.45, 2.75) is 45.1 Å². The minimum absolute atomic E-state index is 0.243. The van der Waals surface area contributed by atoms with Gasteiger partial charge in [0, 0.05) is 37.5 Å². The second-order valence-corrected chi connectivity index (χ2v) is 8.50. The summed E-state index contributed by atoms with van der Waals surface area (Å²) in [7, 11) is 1.76. The van der Waals surface area contributed by atoms with Crippen molar-refractivity contribution in [3.8, 4) is 0 Å². The maximum atomic E-state index is 12.4. The molecule has 0 saturated carbocycles. The Morgan fingerprint density at radius 3 is 2.59 bits per heavy atom. The smallest absolute Gasteiger partial charge is 0.410 e. The van der Waals surface area contributed by atoms with E-state index in [9.17, 15) is 9.59 Å². The summed E-state index contributed by atoms with van der Waals surface area (Å²) in [6, 6.07) is 1.73. The molecule has 0 radical (unpaired) electrons. The van der Waals surface area contributed by atoms with Crippen molar-refractivity contribution in [1.82, 2.24) is 19.7 Å². The molecule has 0 spiro atoms. The topological polar surface area (TPSA) is 89.4 Å². The van der Waals surface area contributed by atoms with E-state index < -0.39 is 5.60 Å². The number of ether oxygens (including phenoxy) is 1. The Bertz CT molecular complexity index is 815. The lowest BCUT2D eigenvalue weighted by Crippen LogP contribution is -2.41. The first-order chi connectivity index (χ1) is 12.7. The Morgan fingerprint density at radius 1 is 1.30 bits per heavy atom. The highest BCUT2D eigenvalue weighted by Crippen LogP contribution is 2.31. The third-order valence-corrected chi connectivity index (χ3v) is 5.32. The van der Waals surface area contributed by atoms with Crippen LogP contribution < -0.4 is 5.32 Å². The molecule has 9 heteroatoms. The monoisotopic (exact) mass is 391 g/mol. The highest BCUT2D eigenvalue weighted by Gasteiger charge is 2.29. The Morgan fingerprint density at radius 2 is 2.00 bits per heavy atom. The number of carbonyl (C=O) groups excluding carboxylic acids is 2. The number of aryl methyl sites for hydroxylation is 1. The Kier molecular flexibility index (Phi) is 5.50. The van der Waals surface area contributed by atoms with Crippen molar-refractivity contribution >= 4 is 29.2 Å². The molecule has 0 atom stereocenters. The van der Waals surface area contributed by atoms with E-state index >= 15 is 0 Å². The van der Waals surface area contributed by atoms with Crippen LogP contribution in [0.25, 0.3) is 0 Å². The highest BCUT2D eigenvalue weighted by atomic mass is 32.1. The third-order valence-electron chi connectivity index (χ3n) is 4.31. The lowest BCUT2D eigenvalue weighted by Gasteiger charge is -2.32. The van der Waals surface area contributed by atoms with Gasteiger partial charge < -0.3 is 15.0 Å². The molecule has 2 amide bonds. The van der Waals surface area contributed by atoms with Crippen molar-refractivity contribution in [3.05, 3.63) is 28.3 Å². The molecule has 0 aromatic carbocycles. The van der Waals surface area contributed by atoms with E-state index in [1.165, 1.54) is 11.3 Å². The maximum absolute atomic E-state index is 12.4. The second-order valence-electron chi connectivity index (χ2n) is 7.61. The van der Waals surface area contributed by atoms with E-state index in [0.29, 0.717) is 24.6 Å². The van der Waals surface area contributed by atoms with Gasteiger partial charge in [-0.3, -0.25) is 9.48 Å². The fraction of sp³-hybridized carbons (Fsp3) is 0.556. The fourth-order valence-electron chi connectivity index (χ4n) is 2.89. The molecule has 1 N–H and O–H groups in total. The first-order valence-electron chi connectivity index (χ1n) is 8.95. The van der Waals surface area contributed by atoms with E-state index in [-0.39, 0.29) is 17.9 Å². The van der Waals surface area contributed by atoms with Crippen molar-refractivity contribution in [2.75, 3.05) is 18.4 Å². The van der Waals surface area contributed by atoms with E-state index in [1.54, 1.807) is 34.3 Å². The molecule has 1 fully saturated rings. The predicted molar refractivity (Wildman–Crippen MR) is 103 cm³/mol. The van der Waals surface area contributed by atoms with Crippen molar-refractivity contribution in [3.63, 3.8) is 0 Å². The van der Waals surface area contributed by atoms with Crippen LogP contribution >= 0.6 is 11.3 Å². The molecule has 0 aliphatic carbocycles. The van der Waals surface area contributed by atoms with Gasteiger partial charge in [-0.2, -0.15) is 5.10 Å². The average Bonchev–Trinajstić information content (AvgIpc) is 3.23. The second kappa shape index (κ2) is 7.67. The number of thiazole rings is 1. The predicted octanol–water partition coefficient (Wildman–Crippen LogP) is 3.24. The number of hydrogen-bond acceptors (Lipinski definition) is 6. The quantitative estimate of drug-likeness (QED) is 0.867. The number of carbonyl (C=O) groups is 2. The van der Waals surface area contributed by atoms with Gasteiger partial charge in [-0.15, -0.1) is 11.3 Å². The molecule has 3 heterocycles. The van der Waals surface area contributed by atoms with Crippen molar-refractivity contribution in [1.29, 1.82) is 0 Å². The number of rotatable bonds is 3. The lowest BCUT2D eigenvalue weighted by molar-refractivity contribution is 0.0205. The van der Waals surface area contributed by atoms with E-state index in [4.69, 9.17) is 4.74 Å². The van der Waals surface area contributed by atoms with Crippen molar-refractivity contribution in [2.24, 2.45) is 7.05 Å². The number of likely N-dealkylation sites (tertiary alicyclic amines) is 1. The summed E-state index contributed by atoms with van der Waals surface area (Å²) in [6.07, 6.45) is 2.99. The SMILES string of the molecule is Cn1nccc1NC(=O)c1csc(C2CCN(C(=O)OC(C)(C)C)CC2)n1. The van der Waals surface area contributed by atoms with Crippen LogP contribution in [0.4, 0.5) is 10.6 Å². The summed E-state index contributed by atoms with van der Waals surface area (Å²) in [6.45, 7) is 6.87. The zero-order valence-electron chi connectivity index (χ0n) is 16.1. The molecule has 146 valence electrons. The molecule has 3 rings (SSSR count). The molecule has 0 unspecified atom stereocenters. The normalized spacial score (nSPS) is 15.6. The van der Waals surface area contributed by atoms with Gasteiger partial charge in [0.2, 0.25) is 0 Å². The number of amides is 2. The van der Waals surface area contributed by atoms with Gasteiger partial charge >= 0.3 is 6.09 Å². The van der Waals surface area contributed by atoms with Gasteiger partial charge in [0.25, 0.3) is 5.91 Å². The zero-order chi connectivity index (χ0) is 19.6. The number of anilines is 1. The number of aromatic nitrogens is 3. The third kappa shape index (κ3) is 4.85. The van der Waals surface area contributed by atoms with Crippen LogP contribution in [-0.4, -0.2) is 50.4 Å². The average molecular weight is 391 g/mol. The van der Waals surface area contributed by atoms with Crippen LogP contribution in [0.15, 0.2) is 17.6 Å². The first kappa shape index (κ1) is 19.3. The number of hydrogen-bond donors (Lipinski definition) is 1. The summed E-state index contributed by atoms with van der Waals surface area (Å²) in [4.78, 5) is 30.8. The summed E-state index contributed by atoms with van der Waals surface area (Å²) in [5, 5.41) is 9.55. The highest BCUT2D eigenvalue weighted by molar-refractivity contribution is 7.09.